The Morgan fingerprint density at radius 2 is 2.28 bits per heavy atom. The van der Waals surface area contributed by atoms with Gasteiger partial charge in [-0.1, -0.05) is 18.7 Å². The van der Waals surface area contributed by atoms with Gasteiger partial charge in [0, 0.05) is 22.4 Å². The summed E-state index contributed by atoms with van der Waals surface area (Å²) >= 11 is 3.13. The molecule has 0 fully saturated rings. The fourth-order valence-electron chi connectivity index (χ4n) is 2.36. The molecule has 0 saturated carbocycles. The zero-order valence-corrected chi connectivity index (χ0v) is 15.8. The van der Waals surface area contributed by atoms with Crippen LogP contribution in [0.2, 0.25) is 0 Å². The maximum absolute atomic E-state index is 12.0. The summed E-state index contributed by atoms with van der Waals surface area (Å²) < 4.78 is 7.25. The third-order valence-electron chi connectivity index (χ3n) is 3.67. The number of nitrogens with one attached hydrogen (secondary N) is 1. The summed E-state index contributed by atoms with van der Waals surface area (Å²) in [6.45, 7) is 5.35. The minimum absolute atomic E-state index is 0.0580. The summed E-state index contributed by atoms with van der Waals surface area (Å²) in [5.74, 6) is 1.83. The summed E-state index contributed by atoms with van der Waals surface area (Å²) in [5, 5.41) is 14.3. The molecule has 0 atom stereocenters. The number of amides is 1. The standard InChI is InChI=1S/C17H20N4O2S2/c1-3-14-8-12(10-24-14)16-19-20-17(21(16)4-2)25-11-15(22)18-9-13-6-5-7-23-13/h5-8,10H,3-4,9,11H2,1-2H3,(H,18,22). The van der Waals surface area contributed by atoms with Gasteiger partial charge in [0.1, 0.15) is 5.76 Å². The normalized spacial score (nSPS) is 11.0. The number of furan rings is 1. The first kappa shape index (κ1) is 17.8. The van der Waals surface area contributed by atoms with Crippen LogP contribution >= 0.6 is 23.1 Å². The van der Waals surface area contributed by atoms with Crippen LogP contribution in [0.1, 0.15) is 24.5 Å². The minimum atomic E-state index is -0.0580. The van der Waals surface area contributed by atoms with Crippen molar-refractivity contribution < 1.29 is 9.21 Å². The van der Waals surface area contributed by atoms with E-state index in [1.165, 1.54) is 16.6 Å². The van der Waals surface area contributed by atoms with Gasteiger partial charge in [0.05, 0.1) is 18.6 Å². The maximum atomic E-state index is 12.0. The number of carbonyl (C=O) groups excluding carboxylic acids is 1. The number of thioether (sulfide) groups is 1. The summed E-state index contributed by atoms with van der Waals surface area (Å²) in [4.78, 5) is 13.3. The molecular weight excluding hydrogens is 356 g/mol. The average Bonchev–Trinajstić information content (AvgIpc) is 3.37. The molecule has 8 heteroatoms. The van der Waals surface area contributed by atoms with Gasteiger partial charge in [-0.05, 0) is 31.5 Å². The molecule has 1 amide bonds. The van der Waals surface area contributed by atoms with Gasteiger partial charge < -0.3 is 14.3 Å². The molecule has 0 bridgehead atoms. The van der Waals surface area contributed by atoms with Crippen molar-refractivity contribution in [1.82, 2.24) is 20.1 Å². The largest absolute Gasteiger partial charge is 0.467 e. The third kappa shape index (κ3) is 4.32. The number of thiophene rings is 1. The van der Waals surface area contributed by atoms with E-state index in [2.05, 4.69) is 40.8 Å². The summed E-state index contributed by atoms with van der Waals surface area (Å²) in [5.41, 5.74) is 1.09. The lowest BCUT2D eigenvalue weighted by Gasteiger charge is -2.06. The fourth-order valence-corrected chi connectivity index (χ4v) is 4.00. The number of carbonyl (C=O) groups is 1. The zero-order valence-electron chi connectivity index (χ0n) is 14.2. The van der Waals surface area contributed by atoms with Crippen LogP contribution in [-0.4, -0.2) is 26.4 Å². The van der Waals surface area contributed by atoms with E-state index in [4.69, 9.17) is 4.42 Å². The quantitative estimate of drug-likeness (QED) is 0.608. The molecule has 3 rings (SSSR count). The van der Waals surface area contributed by atoms with Gasteiger partial charge in [0.25, 0.3) is 0 Å². The van der Waals surface area contributed by atoms with Gasteiger partial charge in [-0.3, -0.25) is 4.79 Å². The Labute approximate surface area is 154 Å². The molecule has 0 saturated heterocycles. The monoisotopic (exact) mass is 376 g/mol. The van der Waals surface area contributed by atoms with Gasteiger partial charge in [-0.25, -0.2) is 0 Å². The Morgan fingerprint density at radius 3 is 2.96 bits per heavy atom. The van der Waals surface area contributed by atoms with E-state index < -0.39 is 0 Å². The molecule has 0 aliphatic rings. The highest BCUT2D eigenvalue weighted by Crippen LogP contribution is 2.27. The van der Waals surface area contributed by atoms with Crippen LogP contribution in [0.4, 0.5) is 0 Å². The van der Waals surface area contributed by atoms with Gasteiger partial charge in [0.2, 0.25) is 5.91 Å². The lowest BCUT2D eigenvalue weighted by molar-refractivity contribution is -0.118. The Hall–Kier alpha value is -2.06. The first-order chi connectivity index (χ1) is 12.2. The van der Waals surface area contributed by atoms with Crippen molar-refractivity contribution in [1.29, 1.82) is 0 Å². The third-order valence-corrected chi connectivity index (χ3v) is 5.71. The van der Waals surface area contributed by atoms with E-state index >= 15 is 0 Å². The lowest BCUT2D eigenvalue weighted by Crippen LogP contribution is -2.24. The molecule has 3 aromatic heterocycles. The molecule has 3 aromatic rings. The number of nitrogens with zero attached hydrogens (tertiary/aromatic N) is 3. The Bertz CT molecular complexity index is 824. The average molecular weight is 377 g/mol. The van der Waals surface area contributed by atoms with E-state index in [0.29, 0.717) is 12.3 Å². The van der Waals surface area contributed by atoms with Crippen LogP contribution in [0.5, 0.6) is 0 Å². The highest BCUT2D eigenvalue weighted by atomic mass is 32.2. The number of aryl methyl sites for hydroxylation is 1. The molecule has 0 aliphatic carbocycles. The van der Waals surface area contributed by atoms with E-state index in [-0.39, 0.29) is 5.91 Å². The Balaban J connectivity index is 1.61. The van der Waals surface area contributed by atoms with E-state index in [0.717, 1.165) is 35.3 Å². The molecule has 25 heavy (non-hydrogen) atoms. The molecule has 3 heterocycles. The summed E-state index contributed by atoms with van der Waals surface area (Å²) in [7, 11) is 0. The fraction of sp³-hybridized carbons (Fsp3) is 0.353. The van der Waals surface area contributed by atoms with E-state index in [1.807, 2.05) is 10.6 Å². The van der Waals surface area contributed by atoms with E-state index in [1.54, 1.807) is 23.7 Å². The first-order valence-corrected chi connectivity index (χ1v) is 10.0. The second-order valence-corrected chi connectivity index (χ2v) is 7.29. The second kappa shape index (κ2) is 8.35. The molecule has 1 N–H and O–H groups in total. The van der Waals surface area contributed by atoms with Gasteiger partial charge in [-0.2, -0.15) is 0 Å². The van der Waals surface area contributed by atoms with Crippen LogP contribution in [0, 0.1) is 0 Å². The summed E-state index contributed by atoms with van der Waals surface area (Å²) in [6, 6.07) is 5.79. The van der Waals surface area contributed by atoms with Crippen LogP contribution in [0.15, 0.2) is 39.4 Å². The lowest BCUT2D eigenvalue weighted by atomic mass is 10.2. The summed E-state index contributed by atoms with van der Waals surface area (Å²) in [6.07, 6.45) is 2.61. The van der Waals surface area contributed by atoms with E-state index in [9.17, 15) is 4.79 Å². The highest BCUT2D eigenvalue weighted by Gasteiger charge is 2.15. The molecule has 0 aliphatic heterocycles. The SMILES string of the molecule is CCc1cc(-c2nnc(SCC(=O)NCc3ccco3)n2CC)cs1. The van der Waals surface area contributed by atoms with Crippen molar-refractivity contribution >= 4 is 29.0 Å². The molecule has 0 radical (unpaired) electrons. The molecule has 0 unspecified atom stereocenters. The zero-order chi connectivity index (χ0) is 17.6. The van der Waals surface area contributed by atoms with Gasteiger partial charge in [-0.15, -0.1) is 21.5 Å². The van der Waals surface area contributed by atoms with Crippen LogP contribution in [0.3, 0.4) is 0 Å². The molecule has 0 aromatic carbocycles. The molecule has 132 valence electrons. The van der Waals surface area contributed by atoms with Gasteiger partial charge in [0.15, 0.2) is 11.0 Å². The maximum Gasteiger partial charge on any atom is 0.230 e. The van der Waals surface area contributed by atoms with Crippen LogP contribution in [-0.2, 0) is 24.3 Å². The Morgan fingerprint density at radius 1 is 1.40 bits per heavy atom. The van der Waals surface area contributed by atoms with Crippen molar-refractivity contribution in [2.24, 2.45) is 0 Å². The Kier molecular flexibility index (Phi) is 5.93. The van der Waals surface area contributed by atoms with Crippen molar-refractivity contribution in [3.05, 3.63) is 40.5 Å². The topological polar surface area (TPSA) is 73.0 Å². The molecule has 0 spiro atoms. The van der Waals surface area contributed by atoms with Gasteiger partial charge >= 0.3 is 0 Å². The number of hydrogen-bond donors (Lipinski definition) is 1. The molecule has 6 nitrogen and oxygen atoms in total. The number of hydrogen-bond acceptors (Lipinski definition) is 6. The highest BCUT2D eigenvalue weighted by molar-refractivity contribution is 7.99. The first-order valence-electron chi connectivity index (χ1n) is 8.14. The van der Waals surface area contributed by atoms with Crippen molar-refractivity contribution in [3.63, 3.8) is 0 Å². The number of aromatic nitrogens is 3. The smallest absolute Gasteiger partial charge is 0.230 e. The van der Waals surface area contributed by atoms with Crippen LogP contribution in [0.25, 0.3) is 11.4 Å². The van der Waals surface area contributed by atoms with Crippen molar-refractivity contribution in [2.45, 2.75) is 38.5 Å². The minimum Gasteiger partial charge on any atom is -0.467 e. The molecular formula is C17H20N4O2S2. The number of rotatable bonds is 8. The second-order valence-electron chi connectivity index (χ2n) is 5.35. The van der Waals surface area contributed by atoms with Crippen molar-refractivity contribution in [2.75, 3.05) is 5.75 Å². The van der Waals surface area contributed by atoms with Crippen molar-refractivity contribution in [3.8, 4) is 11.4 Å². The predicted molar refractivity (Wildman–Crippen MR) is 99.7 cm³/mol. The predicted octanol–water partition coefficient (Wildman–Crippen LogP) is 3.59. The van der Waals surface area contributed by atoms with Crippen LogP contribution < -0.4 is 5.32 Å².